The van der Waals surface area contributed by atoms with Crippen LogP contribution >= 0.6 is 22.7 Å². The Hall–Kier alpha value is -4.20. The van der Waals surface area contributed by atoms with Crippen LogP contribution in [-0.2, 0) is 15.2 Å². The molecule has 4 aromatic rings. The van der Waals surface area contributed by atoms with Crippen LogP contribution < -0.4 is 4.74 Å². The summed E-state index contributed by atoms with van der Waals surface area (Å²) in [6, 6.07) is 18.4. The maximum Gasteiger partial charge on any atom is 0.234 e. The minimum absolute atomic E-state index is 0.413. The molecule has 0 radical (unpaired) electrons. The summed E-state index contributed by atoms with van der Waals surface area (Å²) in [4.78, 5) is 54.8. The molecule has 0 bridgehead atoms. The van der Waals surface area contributed by atoms with Gasteiger partial charge in [-0.05, 0) is 61.1 Å². The Labute approximate surface area is 243 Å². The maximum atomic E-state index is 12.9. The molecule has 0 atom stereocenters. The summed E-state index contributed by atoms with van der Waals surface area (Å²) in [5.74, 6) is -1.09. The summed E-state index contributed by atoms with van der Waals surface area (Å²) >= 11 is 3.14. The number of allylic oxidation sites excluding steroid dienone is 2. The van der Waals surface area contributed by atoms with E-state index in [-0.39, 0.29) is 0 Å². The third kappa shape index (κ3) is 3.59. The number of carbonyl (C=O) groups is 4. The number of hydrogen-bond acceptors (Lipinski definition) is 7. The number of carbonyl (C=O) groups excluding carboxylic acids is 4. The third-order valence-corrected chi connectivity index (χ3v) is 10.8. The van der Waals surface area contributed by atoms with Crippen molar-refractivity contribution in [1.29, 1.82) is 0 Å². The van der Waals surface area contributed by atoms with Crippen LogP contribution in [0.1, 0.15) is 79.3 Å². The summed E-state index contributed by atoms with van der Waals surface area (Å²) in [7, 11) is 0. The van der Waals surface area contributed by atoms with Gasteiger partial charge < -0.3 is 4.74 Å². The van der Waals surface area contributed by atoms with Gasteiger partial charge in [0, 0.05) is 37.6 Å². The highest BCUT2D eigenvalue weighted by molar-refractivity contribution is 7.23. The van der Waals surface area contributed by atoms with Crippen molar-refractivity contribution in [2.24, 2.45) is 0 Å². The van der Waals surface area contributed by atoms with Crippen LogP contribution in [0, 0.1) is 0 Å². The predicted molar refractivity (Wildman–Crippen MR) is 160 cm³/mol. The van der Waals surface area contributed by atoms with Crippen LogP contribution in [0.15, 0.2) is 60.7 Å². The highest BCUT2D eigenvalue weighted by atomic mass is 32.1. The molecule has 2 aromatic carbocycles. The van der Waals surface area contributed by atoms with Gasteiger partial charge in [0.15, 0.2) is 0 Å². The van der Waals surface area contributed by atoms with Crippen LogP contribution in [0.2, 0.25) is 0 Å². The number of thiophene rings is 2. The number of ether oxygens (including phenoxy) is 1. The highest BCUT2D eigenvalue weighted by Gasteiger charge is 2.44. The first kappa shape index (κ1) is 24.6. The van der Waals surface area contributed by atoms with Crippen LogP contribution in [0.25, 0.3) is 33.1 Å². The van der Waals surface area contributed by atoms with Crippen molar-refractivity contribution in [2.45, 2.75) is 37.7 Å². The van der Waals surface area contributed by atoms with Crippen molar-refractivity contribution < 1.29 is 23.9 Å². The number of Topliss-reactive ketones (excluding diaryl/α,β-unsaturated/α-hetero) is 4. The zero-order valence-corrected chi connectivity index (χ0v) is 23.5. The zero-order valence-electron chi connectivity index (χ0n) is 21.8. The van der Waals surface area contributed by atoms with E-state index in [0.717, 1.165) is 62.9 Å². The lowest BCUT2D eigenvalue weighted by molar-refractivity contribution is -0.110. The van der Waals surface area contributed by atoms with Crippen molar-refractivity contribution in [2.75, 3.05) is 0 Å². The molecule has 0 N–H and O–H groups in total. The SMILES string of the molecule is O=C1C(=O)c2ccccc2/C1=C/c1cc2c(s1)-c1sc(/C=C3\C(=O)C(=O)c4ccccc43)cc1C1(CCCCC1)O2. The second kappa shape index (κ2) is 8.90. The lowest BCUT2D eigenvalue weighted by atomic mass is 9.78. The van der Waals surface area contributed by atoms with Gasteiger partial charge in [0.25, 0.3) is 0 Å². The molecule has 7 heteroatoms. The lowest BCUT2D eigenvalue weighted by Gasteiger charge is -2.40. The molecule has 3 heterocycles. The van der Waals surface area contributed by atoms with Gasteiger partial charge in [0.1, 0.15) is 11.4 Å². The third-order valence-electron chi connectivity index (χ3n) is 8.53. The number of fused-ring (bicyclic) bond motifs is 6. The van der Waals surface area contributed by atoms with Crippen molar-refractivity contribution in [1.82, 2.24) is 0 Å². The smallest absolute Gasteiger partial charge is 0.234 e. The summed E-state index contributed by atoms with van der Waals surface area (Å²) in [5.41, 5.74) is 3.78. The minimum Gasteiger partial charge on any atom is -0.481 e. The average molecular weight is 575 g/mol. The predicted octanol–water partition coefficient (Wildman–Crippen LogP) is 7.64. The Morgan fingerprint density at radius 3 is 1.71 bits per heavy atom. The summed E-state index contributed by atoms with van der Waals surface area (Å²) in [6.07, 6.45) is 8.76. The number of benzene rings is 2. The molecule has 2 aromatic heterocycles. The van der Waals surface area contributed by atoms with Crippen molar-refractivity contribution >= 4 is 69.1 Å². The van der Waals surface area contributed by atoms with E-state index in [1.807, 2.05) is 42.5 Å². The van der Waals surface area contributed by atoms with Crippen LogP contribution in [0.5, 0.6) is 5.75 Å². The second-order valence-corrected chi connectivity index (χ2v) is 13.1. The van der Waals surface area contributed by atoms with Gasteiger partial charge in [-0.2, -0.15) is 0 Å². The molecule has 1 aliphatic heterocycles. The molecule has 0 saturated heterocycles. The van der Waals surface area contributed by atoms with E-state index in [4.69, 9.17) is 4.74 Å². The van der Waals surface area contributed by atoms with Gasteiger partial charge in [-0.1, -0.05) is 55.0 Å². The highest BCUT2D eigenvalue weighted by Crippen LogP contribution is 2.57. The quantitative estimate of drug-likeness (QED) is 0.182. The Kier molecular flexibility index (Phi) is 5.34. The summed E-state index contributed by atoms with van der Waals surface area (Å²) < 4.78 is 6.82. The Morgan fingerprint density at radius 1 is 0.610 bits per heavy atom. The van der Waals surface area contributed by atoms with Crippen LogP contribution in [0.3, 0.4) is 0 Å². The van der Waals surface area contributed by atoms with Crippen molar-refractivity contribution in [3.63, 3.8) is 0 Å². The van der Waals surface area contributed by atoms with E-state index in [1.165, 1.54) is 11.3 Å². The molecule has 0 amide bonds. The monoisotopic (exact) mass is 574 g/mol. The fourth-order valence-electron chi connectivity index (χ4n) is 6.58. The normalized spacial score (nSPS) is 20.4. The molecule has 200 valence electrons. The number of ketones is 4. The topological polar surface area (TPSA) is 77.5 Å². The largest absolute Gasteiger partial charge is 0.481 e. The molecule has 1 fully saturated rings. The molecule has 4 aliphatic rings. The Morgan fingerprint density at radius 2 is 1.12 bits per heavy atom. The van der Waals surface area contributed by atoms with E-state index >= 15 is 0 Å². The first-order chi connectivity index (χ1) is 19.9. The van der Waals surface area contributed by atoms with E-state index in [1.54, 1.807) is 35.6 Å². The van der Waals surface area contributed by atoms with E-state index in [9.17, 15) is 19.2 Å². The molecule has 5 nitrogen and oxygen atoms in total. The Balaban J connectivity index is 1.26. The van der Waals surface area contributed by atoms with Gasteiger partial charge in [0.05, 0.1) is 9.75 Å². The fraction of sp³-hybridized carbons (Fsp3) is 0.176. The second-order valence-electron chi connectivity index (χ2n) is 10.9. The van der Waals surface area contributed by atoms with Gasteiger partial charge in [-0.15, -0.1) is 22.7 Å². The first-order valence-corrected chi connectivity index (χ1v) is 15.3. The van der Waals surface area contributed by atoms with Crippen LogP contribution in [0.4, 0.5) is 0 Å². The Bertz CT molecular complexity index is 1930. The lowest BCUT2D eigenvalue weighted by Crippen LogP contribution is -2.37. The number of hydrogen-bond donors (Lipinski definition) is 0. The molecule has 8 rings (SSSR count). The van der Waals surface area contributed by atoms with Crippen molar-refractivity contribution in [3.05, 3.63) is 98.2 Å². The zero-order chi connectivity index (χ0) is 27.9. The van der Waals surface area contributed by atoms with Gasteiger partial charge >= 0.3 is 0 Å². The molecule has 1 saturated carbocycles. The van der Waals surface area contributed by atoms with E-state index < -0.39 is 28.7 Å². The summed E-state index contributed by atoms with van der Waals surface area (Å²) in [5, 5.41) is 0. The number of rotatable bonds is 2. The first-order valence-electron chi connectivity index (χ1n) is 13.7. The summed E-state index contributed by atoms with van der Waals surface area (Å²) in [6.45, 7) is 0. The standard InChI is InChI=1S/C34H22O5S2/c35-28-22-10-4-2-8-20(22)24(30(28)37)14-18-16-26-32(40-18)33-27(39-34(26)12-6-1-7-13-34)17-19(41-33)15-25-21-9-3-5-11-23(21)29(36)31(25)38/h2-5,8-11,14-17H,1,6-7,12-13H2/b24-14-,25-15-. The van der Waals surface area contributed by atoms with Crippen molar-refractivity contribution in [3.8, 4) is 15.5 Å². The molecule has 0 unspecified atom stereocenters. The van der Waals surface area contributed by atoms with Gasteiger partial charge in [0.2, 0.25) is 23.1 Å². The van der Waals surface area contributed by atoms with Gasteiger partial charge in [-0.25, -0.2) is 0 Å². The molecule has 3 aliphatic carbocycles. The fourth-order valence-corrected chi connectivity index (χ4v) is 8.95. The van der Waals surface area contributed by atoms with Crippen LogP contribution in [-0.4, -0.2) is 23.1 Å². The minimum atomic E-state index is -0.482. The molecular weight excluding hydrogens is 553 g/mol. The van der Waals surface area contributed by atoms with E-state index in [0.29, 0.717) is 33.4 Å². The van der Waals surface area contributed by atoms with Gasteiger partial charge in [-0.3, -0.25) is 19.2 Å². The molecular formula is C34H22O5S2. The van der Waals surface area contributed by atoms with E-state index in [2.05, 4.69) is 6.07 Å². The maximum absolute atomic E-state index is 12.9. The molecule has 41 heavy (non-hydrogen) atoms. The average Bonchev–Trinajstić information content (AvgIpc) is 3.72. The molecule has 1 spiro atoms.